The van der Waals surface area contributed by atoms with E-state index in [0.29, 0.717) is 6.54 Å². The predicted octanol–water partition coefficient (Wildman–Crippen LogP) is 1.85. The average molecular weight is 297 g/mol. The van der Waals surface area contributed by atoms with Crippen molar-refractivity contribution in [1.29, 1.82) is 0 Å². The third-order valence-corrected chi connectivity index (χ3v) is 3.89. The van der Waals surface area contributed by atoms with Gasteiger partial charge in [0.2, 0.25) is 5.91 Å². The minimum absolute atomic E-state index is 0.0951. The number of hydrogen-bond acceptors (Lipinski definition) is 4. The largest absolute Gasteiger partial charge is 0.350 e. The zero-order valence-corrected chi connectivity index (χ0v) is 12.6. The minimum atomic E-state index is 0.0951. The summed E-state index contributed by atoms with van der Waals surface area (Å²) in [5.41, 5.74) is 2.44. The summed E-state index contributed by atoms with van der Waals surface area (Å²) in [7, 11) is 1.87. The van der Waals surface area contributed by atoms with Crippen molar-refractivity contribution in [2.75, 3.05) is 0 Å². The first-order chi connectivity index (χ1) is 10.7. The third kappa shape index (κ3) is 3.21. The Labute approximate surface area is 129 Å². The molecule has 2 aromatic rings. The van der Waals surface area contributed by atoms with Crippen molar-refractivity contribution < 1.29 is 4.79 Å². The van der Waals surface area contributed by atoms with Crippen molar-refractivity contribution in [3.63, 3.8) is 0 Å². The monoisotopic (exact) mass is 297 g/mol. The smallest absolute Gasteiger partial charge is 0.223 e. The van der Waals surface area contributed by atoms with E-state index in [1.165, 1.54) is 0 Å². The van der Waals surface area contributed by atoms with Crippen molar-refractivity contribution in [1.82, 2.24) is 25.1 Å². The molecule has 0 spiro atoms. The Balaban J connectivity index is 1.64. The van der Waals surface area contributed by atoms with E-state index < -0.39 is 0 Å². The van der Waals surface area contributed by atoms with Crippen molar-refractivity contribution in [2.45, 2.75) is 25.8 Å². The first kappa shape index (κ1) is 14.4. The summed E-state index contributed by atoms with van der Waals surface area (Å²) in [6, 6.07) is 1.94. The Morgan fingerprint density at radius 1 is 1.36 bits per heavy atom. The van der Waals surface area contributed by atoms with Gasteiger partial charge >= 0.3 is 0 Å². The molecule has 114 valence electrons. The lowest BCUT2D eigenvalue weighted by atomic mass is 9.94. The molecule has 0 aromatic carbocycles. The summed E-state index contributed by atoms with van der Waals surface area (Å²) in [5.74, 6) is 0.212. The van der Waals surface area contributed by atoms with E-state index >= 15 is 0 Å². The Bertz CT molecular complexity index is 677. The highest BCUT2D eigenvalue weighted by atomic mass is 16.1. The highest BCUT2D eigenvalue weighted by Gasteiger charge is 2.18. The Morgan fingerprint density at radius 3 is 3.00 bits per heavy atom. The highest BCUT2D eigenvalue weighted by molar-refractivity contribution is 5.78. The summed E-state index contributed by atoms with van der Waals surface area (Å²) in [6.45, 7) is 0.475. The normalized spacial score (nSPS) is 17.4. The third-order valence-electron chi connectivity index (χ3n) is 3.89. The molecule has 1 atom stereocenters. The first-order valence-corrected chi connectivity index (χ1v) is 7.46. The van der Waals surface area contributed by atoms with Gasteiger partial charge in [-0.15, -0.1) is 0 Å². The van der Waals surface area contributed by atoms with E-state index in [1.54, 1.807) is 23.3 Å². The van der Waals surface area contributed by atoms with Crippen LogP contribution in [-0.2, 0) is 18.4 Å². The van der Waals surface area contributed by atoms with Gasteiger partial charge < -0.3 is 5.32 Å². The number of amides is 1. The second-order valence-electron chi connectivity index (χ2n) is 5.43. The molecule has 0 fully saturated rings. The van der Waals surface area contributed by atoms with Gasteiger partial charge in [-0.2, -0.15) is 5.10 Å². The van der Waals surface area contributed by atoms with Crippen LogP contribution < -0.4 is 5.32 Å². The molecule has 0 saturated heterocycles. The average Bonchev–Trinajstić information content (AvgIpc) is 2.95. The summed E-state index contributed by atoms with van der Waals surface area (Å²) in [6.07, 6.45) is 11.9. The summed E-state index contributed by atoms with van der Waals surface area (Å²) in [4.78, 5) is 20.4. The zero-order valence-electron chi connectivity index (χ0n) is 12.6. The highest BCUT2D eigenvalue weighted by Crippen LogP contribution is 2.19. The van der Waals surface area contributed by atoms with E-state index in [1.807, 2.05) is 13.1 Å². The fourth-order valence-electron chi connectivity index (χ4n) is 2.58. The van der Waals surface area contributed by atoms with E-state index in [-0.39, 0.29) is 11.8 Å². The molecule has 6 nitrogen and oxygen atoms in total. The van der Waals surface area contributed by atoms with Gasteiger partial charge in [-0.05, 0) is 25.3 Å². The maximum atomic E-state index is 12.2. The Hall–Kier alpha value is -2.50. The lowest BCUT2D eigenvalue weighted by Crippen LogP contribution is -2.31. The van der Waals surface area contributed by atoms with Gasteiger partial charge in [0.1, 0.15) is 11.4 Å². The molecule has 1 N–H and O–H groups in total. The molecule has 3 rings (SSSR count). The van der Waals surface area contributed by atoms with Crippen LogP contribution in [0.4, 0.5) is 0 Å². The molecular weight excluding hydrogens is 278 g/mol. The second kappa shape index (κ2) is 6.51. The summed E-state index contributed by atoms with van der Waals surface area (Å²) in [5, 5.41) is 7.43. The van der Waals surface area contributed by atoms with Crippen LogP contribution in [0.1, 0.15) is 25.0 Å². The van der Waals surface area contributed by atoms with Crippen LogP contribution in [0.15, 0.2) is 36.8 Å². The SMILES string of the molecule is Cn1nc(-c2cnccn2)cc1CNC(=O)[C@@H]1CC=CCC1. The fraction of sp³-hybridized carbons (Fsp3) is 0.375. The minimum Gasteiger partial charge on any atom is -0.350 e. The predicted molar refractivity (Wildman–Crippen MR) is 82.6 cm³/mol. The number of aryl methyl sites for hydroxylation is 1. The van der Waals surface area contributed by atoms with Crippen LogP contribution >= 0.6 is 0 Å². The van der Waals surface area contributed by atoms with Crippen molar-refractivity contribution >= 4 is 5.91 Å². The molecule has 0 unspecified atom stereocenters. The summed E-state index contributed by atoms with van der Waals surface area (Å²) < 4.78 is 1.77. The molecule has 1 aliphatic rings. The molecule has 6 heteroatoms. The van der Waals surface area contributed by atoms with Crippen LogP contribution in [0.3, 0.4) is 0 Å². The standard InChI is InChI=1S/C16H19N5O/c1-21-13(9-14(20-21)15-11-17-7-8-18-15)10-19-16(22)12-5-3-2-4-6-12/h2-3,7-9,11-12H,4-6,10H2,1H3,(H,19,22)/t12-/m1/s1. The number of rotatable bonds is 4. The second-order valence-corrected chi connectivity index (χ2v) is 5.43. The van der Waals surface area contributed by atoms with E-state index in [2.05, 4.69) is 32.5 Å². The molecular formula is C16H19N5O. The van der Waals surface area contributed by atoms with Gasteiger partial charge in [-0.25, -0.2) is 0 Å². The molecule has 2 heterocycles. The van der Waals surface area contributed by atoms with E-state index in [9.17, 15) is 4.79 Å². The van der Waals surface area contributed by atoms with Crippen LogP contribution in [0, 0.1) is 5.92 Å². The van der Waals surface area contributed by atoms with Gasteiger partial charge in [0.25, 0.3) is 0 Å². The Kier molecular flexibility index (Phi) is 4.27. The topological polar surface area (TPSA) is 72.7 Å². The van der Waals surface area contributed by atoms with Gasteiger partial charge in [-0.3, -0.25) is 19.4 Å². The van der Waals surface area contributed by atoms with Crippen molar-refractivity contribution in [3.8, 4) is 11.4 Å². The molecule has 0 aliphatic heterocycles. The van der Waals surface area contributed by atoms with Crippen LogP contribution in [0.25, 0.3) is 11.4 Å². The van der Waals surface area contributed by atoms with Crippen molar-refractivity contribution in [3.05, 3.63) is 42.5 Å². The first-order valence-electron chi connectivity index (χ1n) is 7.46. The molecule has 1 aliphatic carbocycles. The lowest BCUT2D eigenvalue weighted by Gasteiger charge is -2.17. The van der Waals surface area contributed by atoms with Crippen LogP contribution in [-0.4, -0.2) is 25.7 Å². The van der Waals surface area contributed by atoms with Gasteiger partial charge in [0.05, 0.1) is 18.4 Å². The van der Waals surface area contributed by atoms with Crippen LogP contribution in [0.5, 0.6) is 0 Å². The Morgan fingerprint density at radius 2 is 2.27 bits per heavy atom. The summed E-state index contributed by atoms with van der Waals surface area (Å²) >= 11 is 0. The van der Waals surface area contributed by atoms with E-state index in [4.69, 9.17) is 0 Å². The van der Waals surface area contributed by atoms with Gasteiger partial charge in [0.15, 0.2) is 0 Å². The lowest BCUT2D eigenvalue weighted by molar-refractivity contribution is -0.125. The van der Waals surface area contributed by atoms with Gasteiger partial charge in [0, 0.05) is 25.4 Å². The zero-order chi connectivity index (χ0) is 15.4. The number of carbonyl (C=O) groups is 1. The van der Waals surface area contributed by atoms with Crippen molar-refractivity contribution in [2.24, 2.45) is 13.0 Å². The number of hydrogen-bond donors (Lipinski definition) is 1. The number of allylic oxidation sites excluding steroid dienone is 2. The van der Waals surface area contributed by atoms with Crippen LogP contribution in [0.2, 0.25) is 0 Å². The number of carbonyl (C=O) groups excluding carboxylic acids is 1. The number of aromatic nitrogens is 4. The molecule has 1 amide bonds. The number of nitrogens with one attached hydrogen (secondary N) is 1. The molecule has 22 heavy (non-hydrogen) atoms. The molecule has 0 bridgehead atoms. The maximum absolute atomic E-state index is 12.2. The molecule has 0 radical (unpaired) electrons. The molecule has 0 saturated carbocycles. The van der Waals surface area contributed by atoms with E-state index in [0.717, 1.165) is 36.3 Å². The quantitative estimate of drug-likeness (QED) is 0.874. The molecule has 2 aromatic heterocycles. The fourth-order valence-corrected chi connectivity index (χ4v) is 2.58. The number of nitrogens with zero attached hydrogens (tertiary/aromatic N) is 4. The van der Waals surface area contributed by atoms with Gasteiger partial charge in [-0.1, -0.05) is 12.2 Å². The maximum Gasteiger partial charge on any atom is 0.223 e.